The second-order valence-electron chi connectivity index (χ2n) is 5.57. The molecule has 7 heteroatoms. The van der Waals surface area contributed by atoms with Crippen LogP contribution in [-0.4, -0.2) is 34.2 Å². The molecule has 2 rings (SSSR count). The van der Waals surface area contributed by atoms with E-state index in [4.69, 9.17) is 24.7 Å². The number of allylic oxidation sites excluding steroid dienone is 1. The van der Waals surface area contributed by atoms with Crippen LogP contribution in [0.2, 0.25) is 0 Å². The molecule has 2 aromatic carbocycles. The molecule has 0 radical (unpaired) electrons. The van der Waals surface area contributed by atoms with Gasteiger partial charge in [0.25, 0.3) is 0 Å². The first kappa shape index (κ1) is 22.2. The molecule has 27 heavy (non-hydrogen) atoms. The average Bonchev–Trinajstić information content (AvgIpc) is 2.66. The summed E-state index contributed by atoms with van der Waals surface area (Å²) in [5.41, 5.74) is 8.22. The van der Waals surface area contributed by atoms with Crippen molar-refractivity contribution in [3.8, 4) is 23.0 Å². The summed E-state index contributed by atoms with van der Waals surface area (Å²) in [7, 11) is 6.09. The second-order valence-corrected chi connectivity index (χ2v) is 5.57. The molecule has 0 aliphatic carbocycles. The Morgan fingerprint density at radius 2 is 1.44 bits per heavy atom. The van der Waals surface area contributed by atoms with Gasteiger partial charge in [-0.1, -0.05) is 6.07 Å². The molecule has 2 aromatic rings. The van der Waals surface area contributed by atoms with Crippen LogP contribution in [0.5, 0.6) is 23.0 Å². The lowest BCUT2D eigenvalue weighted by Gasteiger charge is -2.14. The van der Waals surface area contributed by atoms with Crippen LogP contribution in [0.25, 0.3) is 6.08 Å². The van der Waals surface area contributed by atoms with Gasteiger partial charge >= 0.3 is 0 Å². The molecule has 146 valence electrons. The van der Waals surface area contributed by atoms with E-state index < -0.39 is 0 Å². The molecule has 0 unspecified atom stereocenters. The Kier molecular flexibility index (Phi) is 7.99. The van der Waals surface area contributed by atoms with Crippen molar-refractivity contribution in [3.63, 3.8) is 0 Å². The number of ketones is 1. The van der Waals surface area contributed by atoms with Crippen molar-refractivity contribution in [1.82, 2.24) is 0 Å². The highest BCUT2D eigenvalue weighted by molar-refractivity contribution is 6.11. The van der Waals surface area contributed by atoms with Gasteiger partial charge in [0, 0.05) is 5.56 Å². The lowest BCUT2D eigenvalue weighted by Crippen LogP contribution is -2.04. The molecule has 0 atom stereocenters. The maximum absolute atomic E-state index is 12.8. The Bertz CT molecular complexity index is 823. The van der Waals surface area contributed by atoms with Gasteiger partial charge in [-0.15, -0.1) is 12.4 Å². The first-order valence-corrected chi connectivity index (χ1v) is 7.91. The Hall–Kier alpha value is -2.86. The van der Waals surface area contributed by atoms with Crippen LogP contribution in [0.3, 0.4) is 0 Å². The minimum atomic E-state index is -0.154. The van der Waals surface area contributed by atoms with Crippen LogP contribution in [-0.2, 0) is 0 Å². The van der Waals surface area contributed by atoms with Crippen molar-refractivity contribution in [2.45, 2.75) is 6.92 Å². The van der Waals surface area contributed by atoms with Gasteiger partial charge in [0.05, 0.1) is 34.1 Å². The maximum Gasteiger partial charge on any atom is 0.203 e. The fourth-order valence-corrected chi connectivity index (χ4v) is 2.60. The fraction of sp³-hybridized carbons (Fsp3) is 0.250. The van der Waals surface area contributed by atoms with Crippen LogP contribution in [0.1, 0.15) is 22.8 Å². The van der Waals surface area contributed by atoms with E-state index in [0.717, 1.165) is 5.56 Å². The smallest absolute Gasteiger partial charge is 0.203 e. The summed E-state index contributed by atoms with van der Waals surface area (Å²) >= 11 is 0. The normalized spacial score (nSPS) is 10.6. The zero-order valence-corrected chi connectivity index (χ0v) is 16.8. The molecule has 2 N–H and O–H groups in total. The van der Waals surface area contributed by atoms with Crippen LogP contribution in [0, 0.1) is 0 Å². The number of hydrogen-bond acceptors (Lipinski definition) is 6. The van der Waals surface area contributed by atoms with Crippen molar-refractivity contribution >= 4 is 30.0 Å². The van der Waals surface area contributed by atoms with Gasteiger partial charge < -0.3 is 24.7 Å². The van der Waals surface area contributed by atoms with Crippen molar-refractivity contribution < 1.29 is 23.7 Å². The standard InChI is InChI=1S/C20H23NO5.ClH/c1-12(8-13-6-7-16(23-2)15(21)9-13)19(22)14-10-17(24-3)20(26-5)18(11-14)25-4;/h6-11H,21H2,1-5H3;1H. The van der Waals surface area contributed by atoms with E-state index >= 15 is 0 Å². The lowest BCUT2D eigenvalue weighted by atomic mass is 10.0. The second kappa shape index (κ2) is 9.73. The number of nitrogens with two attached hydrogens (primary N) is 1. The molecule has 0 amide bonds. The molecule has 0 aromatic heterocycles. The Morgan fingerprint density at radius 3 is 1.89 bits per heavy atom. The average molecular weight is 394 g/mol. The Balaban J connectivity index is 0.00000364. The van der Waals surface area contributed by atoms with Gasteiger partial charge in [-0.2, -0.15) is 0 Å². The van der Waals surface area contributed by atoms with E-state index in [2.05, 4.69) is 0 Å². The predicted octanol–water partition coefficient (Wildman–Crippen LogP) is 4.01. The molecule has 0 fully saturated rings. The molecular weight excluding hydrogens is 370 g/mol. The summed E-state index contributed by atoms with van der Waals surface area (Å²) in [6.07, 6.45) is 1.77. The SMILES string of the molecule is COc1ccc(C=C(C)C(=O)c2cc(OC)c(OC)c(OC)c2)cc1N.Cl. The van der Waals surface area contributed by atoms with Crippen LogP contribution >= 0.6 is 12.4 Å². The monoisotopic (exact) mass is 393 g/mol. The predicted molar refractivity (Wildman–Crippen MR) is 109 cm³/mol. The van der Waals surface area contributed by atoms with Crippen molar-refractivity contribution in [2.24, 2.45) is 0 Å². The highest BCUT2D eigenvalue weighted by Gasteiger charge is 2.18. The van der Waals surface area contributed by atoms with Crippen LogP contribution < -0.4 is 24.7 Å². The van der Waals surface area contributed by atoms with Gasteiger partial charge in [-0.3, -0.25) is 4.79 Å². The summed E-state index contributed by atoms with van der Waals surface area (Å²) in [6.45, 7) is 1.74. The number of ether oxygens (including phenoxy) is 4. The third kappa shape index (κ3) is 4.86. The van der Waals surface area contributed by atoms with E-state index in [0.29, 0.717) is 39.8 Å². The zero-order valence-electron chi connectivity index (χ0n) is 16.0. The lowest BCUT2D eigenvalue weighted by molar-refractivity contribution is 0.103. The number of hydrogen-bond donors (Lipinski definition) is 1. The number of benzene rings is 2. The van der Waals surface area contributed by atoms with E-state index in [-0.39, 0.29) is 18.2 Å². The number of nitrogen functional groups attached to an aromatic ring is 1. The molecule has 6 nitrogen and oxygen atoms in total. The molecule has 0 saturated heterocycles. The summed E-state index contributed by atoms with van der Waals surface area (Å²) in [5, 5.41) is 0. The maximum atomic E-state index is 12.8. The van der Waals surface area contributed by atoms with E-state index in [1.165, 1.54) is 21.3 Å². The van der Waals surface area contributed by atoms with E-state index in [1.807, 2.05) is 6.07 Å². The molecular formula is C20H24ClNO5. The summed E-state index contributed by atoms with van der Waals surface area (Å²) in [4.78, 5) is 12.8. The van der Waals surface area contributed by atoms with Crippen molar-refractivity contribution in [2.75, 3.05) is 34.2 Å². The highest BCUT2D eigenvalue weighted by Crippen LogP contribution is 2.38. The Morgan fingerprint density at radius 1 is 0.889 bits per heavy atom. The molecule has 0 saturated carbocycles. The zero-order chi connectivity index (χ0) is 19.3. The quantitative estimate of drug-likeness (QED) is 0.435. The van der Waals surface area contributed by atoms with Crippen LogP contribution in [0.4, 0.5) is 5.69 Å². The fourth-order valence-electron chi connectivity index (χ4n) is 2.60. The van der Waals surface area contributed by atoms with Gasteiger partial charge in [-0.05, 0) is 48.4 Å². The third-order valence-electron chi connectivity index (χ3n) is 3.92. The van der Waals surface area contributed by atoms with Crippen molar-refractivity contribution in [3.05, 3.63) is 47.0 Å². The number of methoxy groups -OCH3 is 4. The molecule has 0 aliphatic heterocycles. The minimum Gasteiger partial charge on any atom is -0.495 e. The summed E-state index contributed by atoms with van der Waals surface area (Å²) in [6, 6.07) is 8.61. The first-order valence-electron chi connectivity index (χ1n) is 7.91. The molecule has 0 bridgehead atoms. The summed E-state index contributed by atoms with van der Waals surface area (Å²) < 4.78 is 21.0. The first-order chi connectivity index (χ1) is 12.4. The highest BCUT2D eigenvalue weighted by atomic mass is 35.5. The Labute approximate surface area is 165 Å². The van der Waals surface area contributed by atoms with Crippen LogP contribution in [0.15, 0.2) is 35.9 Å². The largest absolute Gasteiger partial charge is 0.495 e. The number of halogens is 1. The number of rotatable bonds is 7. The minimum absolute atomic E-state index is 0. The molecule has 0 aliphatic rings. The van der Waals surface area contributed by atoms with Crippen molar-refractivity contribution in [1.29, 1.82) is 0 Å². The van der Waals surface area contributed by atoms with E-state index in [9.17, 15) is 4.79 Å². The molecule has 0 spiro atoms. The molecule has 0 heterocycles. The third-order valence-corrected chi connectivity index (χ3v) is 3.92. The number of Topliss-reactive ketones (excluding diaryl/α,β-unsaturated/α-hetero) is 1. The number of anilines is 1. The van der Waals surface area contributed by atoms with Gasteiger partial charge in [-0.25, -0.2) is 0 Å². The van der Waals surface area contributed by atoms with Gasteiger partial charge in [0.15, 0.2) is 17.3 Å². The van der Waals surface area contributed by atoms with Gasteiger partial charge in [0.2, 0.25) is 5.75 Å². The topological polar surface area (TPSA) is 80.0 Å². The number of carbonyl (C=O) groups excluding carboxylic acids is 1. The van der Waals surface area contributed by atoms with Gasteiger partial charge in [0.1, 0.15) is 5.75 Å². The number of carbonyl (C=O) groups is 1. The summed E-state index contributed by atoms with van der Waals surface area (Å²) in [5.74, 6) is 1.74. The van der Waals surface area contributed by atoms with E-state index in [1.54, 1.807) is 44.4 Å².